The fourth-order valence-electron chi connectivity index (χ4n) is 2.84. The molecule has 3 rings (SSSR count). The van der Waals surface area contributed by atoms with Gasteiger partial charge in [-0.1, -0.05) is 51.1 Å². The summed E-state index contributed by atoms with van der Waals surface area (Å²) in [6.07, 6.45) is 0. The van der Waals surface area contributed by atoms with Gasteiger partial charge in [0.15, 0.2) is 0 Å². The monoisotopic (exact) mass is 337 g/mol. The van der Waals surface area contributed by atoms with Gasteiger partial charge in [0.25, 0.3) is 11.8 Å². The van der Waals surface area contributed by atoms with Crippen molar-refractivity contribution < 1.29 is 19.1 Å². The summed E-state index contributed by atoms with van der Waals surface area (Å²) in [7, 11) is 0. The Labute approximate surface area is 146 Å². The molecule has 1 heterocycles. The molecular weight excluding hydrogens is 318 g/mol. The molecule has 0 radical (unpaired) electrons. The number of esters is 1. The third kappa shape index (κ3) is 3.18. The molecule has 0 aliphatic carbocycles. The molecule has 0 unspecified atom stereocenters. The summed E-state index contributed by atoms with van der Waals surface area (Å²) in [4.78, 5) is 37.9. The average Bonchev–Trinajstić information content (AvgIpc) is 2.80. The van der Waals surface area contributed by atoms with E-state index in [9.17, 15) is 14.4 Å². The minimum Gasteiger partial charge on any atom is -0.425 e. The van der Waals surface area contributed by atoms with E-state index in [1.807, 2.05) is 32.9 Å². The molecular formula is C20H19NO4. The van der Waals surface area contributed by atoms with Crippen molar-refractivity contribution in [2.24, 2.45) is 0 Å². The minimum absolute atomic E-state index is 0.202. The lowest BCUT2D eigenvalue weighted by Crippen LogP contribution is -2.36. The first-order chi connectivity index (χ1) is 11.8. The zero-order valence-corrected chi connectivity index (χ0v) is 14.4. The lowest BCUT2D eigenvalue weighted by molar-refractivity contribution is -0.134. The van der Waals surface area contributed by atoms with Gasteiger partial charge in [-0.3, -0.25) is 14.5 Å². The van der Waals surface area contributed by atoms with Gasteiger partial charge in [0, 0.05) is 5.56 Å². The van der Waals surface area contributed by atoms with Crippen LogP contribution in [0.1, 0.15) is 47.1 Å². The van der Waals surface area contributed by atoms with Crippen LogP contribution < -0.4 is 4.74 Å². The highest BCUT2D eigenvalue weighted by Gasteiger charge is 2.36. The molecule has 0 spiro atoms. The maximum absolute atomic E-state index is 12.3. The molecule has 0 saturated heterocycles. The molecule has 2 aromatic carbocycles. The van der Waals surface area contributed by atoms with Crippen LogP contribution in [-0.2, 0) is 10.2 Å². The van der Waals surface area contributed by atoms with Crippen molar-refractivity contribution in [1.29, 1.82) is 0 Å². The minimum atomic E-state index is -0.647. The second-order valence-corrected chi connectivity index (χ2v) is 6.96. The fourth-order valence-corrected chi connectivity index (χ4v) is 2.84. The van der Waals surface area contributed by atoms with E-state index >= 15 is 0 Å². The number of hydrogen-bond donors (Lipinski definition) is 0. The van der Waals surface area contributed by atoms with Crippen molar-refractivity contribution in [2.75, 3.05) is 6.54 Å². The van der Waals surface area contributed by atoms with Crippen LogP contribution in [0.25, 0.3) is 0 Å². The van der Waals surface area contributed by atoms with E-state index in [1.165, 1.54) is 0 Å². The normalized spacial score (nSPS) is 13.8. The molecule has 5 heteroatoms. The molecule has 1 aliphatic rings. The van der Waals surface area contributed by atoms with Gasteiger partial charge in [-0.05, 0) is 23.6 Å². The number of carbonyl (C=O) groups excluding carboxylic acids is 3. The number of para-hydroxylation sites is 1. The zero-order chi connectivity index (χ0) is 18.2. The molecule has 1 aliphatic heterocycles. The van der Waals surface area contributed by atoms with E-state index in [1.54, 1.807) is 36.4 Å². The third-order valence-electron chi connectivity index (χ3n) is 4.08. The van der Waals surface area contributed by atoms with Crippen LogP contribution in [0.2, 0.25) is 0 Å². The number of amides is 2. The number of benzene rings is 2. The lowest BCUT2D eigenvalue weighted by Gasteiger charge is -2.22. The smallest absolute Gasteiger partial charge is 0.331 e. The van der Waals surface area contributed by atoms with E-state index in [-0.39, 0.29) is 5.41 Å². The van der Waals surface area contributed by atoms with Crippen molar-refractivity contribution in [1.82, 2.24) is 4.90 Å². The summed E-state index contributed by atoms with van der Waals surface area (Å²) < 4.78 is 5.44. The fraction of sp³-hybridized carbons (Fsp3) is 0.250. The van der Waals surface area contributed by atoms with Gasteiger partial charge in [0.2, 0.25) is 0 Å². The summed E-state index contributed by atoms with van der Waals surface area (Å²) >= 11 is 0. The summed E-state index contributed by atoms with van der Waals surface area (Å²) in [5, 5.41) is 0. The van der Waals surface area contributed by atoms with Crippen molar-refractivity contribution in [3.8, 4) is 5.75 Å². The standard InChI is InChI=1S/C20H19NO4/c1-20(2,3)15-10-6-7-11-16(15)25-17(22)12-21-18(23)13-8-4-5-9-14(13)19(21)24/h4-11H,12H2,1-3H3. The van der Waals surface area contributed by atoms with Crippen LogP contribution >= 0.6 is 0 Å². The van der Waals surface area contributed by atoms with Crippen LogP contribution in [0.5, 0.6) is 5.75 Å². The Morgan fingerprint density at radius 1 is 0.920 bits per heavy atom. The molecule has 0 atom stereocenters. The first-order valence-electron chi connectivity index (χ1n) is 8.04. The summed E-state index contributed by atoms with van der Waals surface area (Å²) in [6, 6.07) is 13.8. The predicted molar refractivity (Wildman–Crippen MR) is 92.6 cm³/mol. The van der Waals surface area contributed by atoms with E-state index in [2.05, 4.69) is 0 Å². The highest BCUT2D eigenvalue weighted by molar-refractivity contribution is 6.22. The number of ether oxygens (including phenoxy) is 1. The lowest BCUT2D eigenvalue weighted by atomic mass is 9.86. The summed E-state index contributed by atoms with van der Waals surface area (Å²) in [5.74, 6) is -1.15. The van der Waals surface area contributed by atoms with Crippen molar-refractivity contribution >= 4 is 17.8 Å². The van der Waals surface area contributed by atoms with Crippen LogP contribution in [0.15, 0.2) is 48.5 Å². The van der Waals surface area contributed by atoms with E-state index in [0.29, 0.717) is 16.9 Å². The van der Waals surface area contributed by atoms with E-state index in [0.717, 1.165) is 10.5 Å². The highest BCUT2D eigenvalue weighted by atomic mass is 16.5. The molecule has 0 bridgehead atoms. The number of hydrogen-bond acceptors (Lipinski definition) is 4. The van der Waals surface area contributed by atoms with Gasteiger partial charge in [-0.15, -0.1) is 0 Å². The second kappa shape index (κ2) is 6.16. The zero-order valence-electron chi connectivity index (χ0n) is 14.4. The van der Waals surface area contributed by atoms with Crippen molar-refractivity contribution in [2.45, 2.75) is 26.2 Å². The molecule has 2 amide bonds. The van der Waals surface area contributed by atoms with Crippen LogP contribution in [-0.4, -0.2) is 29.2 Å². The second-order valence-electron chi connectivity index (χ2n) is 6.96. The Balaban J connectivity index is 1.77. The Morgan fingerprint density at radius 2 is 1.44 bits per heavy atom. The molecule has 5 nitrogen and oxygen atoms in total. The van der Waals surface area contributed by atoms with Gasteiger partial charge in [0.1, 0.15) is 12.3 Å². The molecule has 0 fully saturated rings. The Morgan fingerprint density at radius 3 is 2.00 bits per heavy atom. The number of imide groups is 1. The van der Waals surface area contributed by atoms with Crippen molar-refractivity contribution in [3.05, 3.63) is 65.2 Å². The molecule has 2 aromatic rings. The maximum Gasteiger partial charge on any atom is 0.331 e. The van der Waals surface area contributed by atoms with Crippen LogP contribution in [0.4, 0.5) is 0 Å². The molecule has 0 N–H and O–H groups in total. The summed E-state index contributed by atoms with van der Waals surface area (Å²) in [5.41, 5.74) is 1.31. The largest absolute Gasteiger partial charge is 0.425 e. The SMILES string of the molecule is CC(C)(C)c1ccccc1OC(=O)CN1C(=O)c2ccccc2C1=O. The first-order valence-corrected chi connectivity index (χ1v) is 8.04. The topological polar surface area (TPSA) is 63.7 Å². The third-order valence-corrected chi connectivity index (χ3v) is 4.08. The average molecular weight is 337 g/mol. The highest BCUT2D eigenvalue weighted by Crippen LogP contribution is 2.31. The molecule has 0 aromatic heterocycles. The molecule has 25 heavy (non-hydrogen) atoms. The number of rotatable bonds is 3. The molecule has 128 valence electrons. The Hall–Kier alpha value is -2.95. The van der Waals surface area contributed by atoms with E-state index in [4.69, 9.17) is 4.74 Å². The number of fused-ring (bicyclic) bond motifs is 1. The number of nitrogens with zero attached hydrogens (tertiary/aromatic N) is 1. The summed E-state index contributed by atoms with van der Waals surface area (Å²) in [6.45, 7) is 5.64. The quantitative estimate of drug-likeness (QED) is 0.490. The predicted octanol–water partition coefficient (Wildman–Crippen LogP) is 3.19. The molecule has 0 saturated carbocycles. The number of carbonyl (C=O) groups is 3. The van der Waals surface area contributed by atoms with Gasteiger partial charge in [-0.2, -0.15) is 0 Å². The maximum atomic E-state index is 12.3. The van der Waals surface area contributed by atoms with Gasteiger partial charge >= 0.3 is 5.97 Å². The first kappa shape index (κ1) is 16.9. The van der Waals surface area contributed by atoms with Crippen LogP contribution in [0, 0.1) is 0 Å². The Bertz CT molecular complexity index is 829. The van der Waals surface area contributed by atoms with Crippen LogP contribution in [0.3, 0.4) is 0 Å². The van der Waals surface area contributed by atoms with Gasteiger partial charge in [-0.25, -0.2) is 4.79 Å². The van der Waals surface area contributed by atoms with E-state index < -0.39 is 24.3 Å². The van der Waals surface area contributed by atoms with Crippen molar-refractivity contribution in [3.63, 3.8) is 0 Å². The van der Waals surface area contributed by atoms with Gasteiger partial charge < -0.3 is 4.74 Å². The van der Waals surface area contributed by atoms with Gasteiger partial charge in [0.05, 0.1) is 11.1 Å². The Kier molecular flexibility index (Phi) is 4.17.